The van der Waals surface area contributed by atoms with Crippen LogP contribution in [0.15, 0.2) is 42.5 Å². The third kappa shape index (κ3) is 3.48. The second-order valence-corrected chi connectivity index (χ2v) is 5.16. The normalized spacial score (nSPS) is 13.3. The minimum atomic E-state index is -0.285. The zero-order valence-electron chi connectivity index (χ0n) is 13.0. The highest BCUT2D eigenvalue weighted by Gasteiger charge is 2.15. The van der Waals surface area contributed by atoms with Gasteiger partial charge in [-0.25, -0.2) is 4.79 Å². The molecule has 23 heavy (non-hydrogen) atoms. The van der Waals surface area contributed by atoms with E-state index in [0.29, 0.717) is 17.2 Å². The molecule has 1 aliphatic heterocycles. The molecule has 2 aromatic rings. The maximum atomic E-state index is 12.1. The Labute approximate surface area is 134 Å². The number of rotatable bonds is 4. The van der Waals surface area contributed by atoms with Gasteiger partial charge in [0.15, 0.2) is 11.5 Å². The van der Waals surface area contributed by atoms with Crippen molar-refractivity contribution >= 4 is 11.7 Å². The van der Waals surface area contributed by atoms with Crippen molar-refractivity contribution in [2.45, 2.75) is 13.0 Å². The van der Waals surface area contributed by atoms with Crippen molar-refractivity contribution in [3.63, 3.8) is 0 Å². The average molecular weight is 314 g/mol. The topological polar surface area (TPSA) is 68.8 Å². The summed E-state index contributed by atoms with van der Waals surface area (Å²) in [7, 11) is 1.62. The van der Waals surface area contributed by atoms with E-state index in [-0.39, 0.29) is 18.9 Å². The number of anilines is 1. The second kappa shape index (κ2) is 6.48. The number of fused-ring (bicyclic) bond motifs is 1. The number of hydrogen-bond donors (Lipinski definition) is 2. The quantitative estimate of drug-likeness (QED) is 0.908. The van der Waals surface area contributed by atoms with Crippen LogP contribution in [0.1, 0.15) is 18.5 Å². The van der Waals surface area contributed by atoms with Gasteiger partial charge in [0.1, 0.15) is 5.75 Å². The molecule has 0 spiro atoms. The monoisotopic (exact) mass is 314 g/mol. The molecule has 6 heteroatoms. The van der Waals surface area contributed by atoms with Gasteiger partial charge in [0.25, 0.3) is 0 Å². The minimum Gasteiger partial charge on any atom is -0.497 e. The molecule has 0 fully saturated rings. The highest BCUT2D eigenvalue weighted by Crippen LogP contribution is 2.34. The number of ether oxygens (including phenoxy) is 3. The number of carbonyl (C=O) groups is 1. The smallest absolute Gasteiger partial charge is 0.319 e. The molecular formula is C17H18N2O4. The van der Waals surface area contributed by atoms with Crippen LogP contribution in [0.4, 0.5) is 10.5 Å². The third-order valence-corrected chi connectivity index (χ3v) is 3.59. The van der Waals surface area contributed by atoms with Crippen LogP contribution in [0.3, 0.4) is 0 Å². The van der Waals surface area contributed by atoms with Crippen molar-refractivity contribution in [3.8, 4) is 17.2 Å². The lowest BCUT2D eigenvalue weighted by Crippen LogP contribution is -2.31. The van der Waals surface area contributed by atoms with Gasteiger partial charge in [0, 0.05) is 11.8 Å². The van der Waals surface area contributed by atoms with Gasteiger partial charge < -0.3 is 24.8 Å². The van der Waals surface area contributed by atoms with Crippen LogP contribution >= 0.6 is 0 Å². The first-order valence-corrected chi connectivity index (χ1v) is 7.27. The lowest BCUT2D eigenvalue weighted by Gasteiger charge is -2.15. The number of urea groups is 1. The Morgan fingerprint density at radius 2 is 1.87 bits per heavy atom. The van der Waals surface area contributed by atoms with Crippen LogP contribution in [-0.2, 0) is 0 Å². The minimum absolute atomic E-state index is 0.130. The van der Waals surface area contributed by atoms with E-state index in [1.807, 2.05) is 31.2 Å². The molecule has 2 amide bonds. The Hall–Kier alpha value is -2.89. The fraction of sp³-hybridized carbons (Fsp3) is 0.235. The Morgan fingerprint density at radius 3 is 2.61 bits per heavy atom. The van der Waals surface area contributed by atoms with E-state index in [9.17, 15) is 4.79 Å². The first kappa shape index (κ1) is 15.0. The number of carbonyl (C=O) groups excluding carboxylic acids is 1. The zero-order valence-corrected chi connectivity index (χ0v) is 13.0. The number of hydrogen-bond acceptors (Lipinski definition) is 4. The SMILES string of the molecule is COc1ccc([C@@H](C)NC(=O)Nc2ccc3c(c2)OCO3)cc1. The highest BCUT2D eigenvalue weighted by molar-refractivity contribution is 5.90. The van der Waals surface area contributed by atoms with E-state index >= 15 is 0 Å². The molecule has 0 saturated carbocycles. The first-order chi connectivity index (χ1) is 11.2. The molecule has 120 valence electrons. The van der Waals surface area contributed by atoms with Gasteiger partial charge in [-0.3, -0.25) is 0 Å². The van der Waals surface area contributed by atoms with Crippen LogP contribution in [0.5, 0.6) is 17.2 Å². The maximum absolute atomic E-state index is 12.1. The summed E-state index contributed by atoms with van der Waals surface area (Å²) in [5, 5.41) is 5.67. The fourth-order valence-electron chi connectivity index (χ4n) is 2.31. The van der Waals surface area contributed by atoms with Crippen molar-refractivity contribution in [3.05, 3.63) is 48.0 Å². The number of benzene rings is 2. The highest BCUT2D eigenvalue weighted by atomic mass is 16.7. The van der Waals surface area contributed by atoms with Gasteiger partial charge in [0.05, 0.1) is 13.2 Å². The molecule has 6 nitrogen and oxygen atoms in total. The molecule has 0 bridgehead atoms. The Balaban J connectivity index is 1.60. The summed E-state index contributed by atoms with van der Waals surface area (Å²) in [5.41, 5.74) is 1.64. The van der Waals surface area contributed by atoms with Crippen molar-refractivity contribution in [2.24, 2.45) is 0 Å². The molecule has 0 radical (unpaired) electrons. The molecule has 0 aromatic heterocycles. The molecule has 1 atom stereocenters. The van der Waals surface area contributed by atoms with E-state index in [4.69, 9.17) is 14.2 Å². The van der Waals surface area contributed by atoms with Gasteiger partial charge in [-0.2, -0.15) is 0 Å². The summed E-state index contributed by atoms with van der Waals surface area (Å²) < 4.78 is 15.6. The lowest BCUT2D eigenvalue weighted by atomic mass is 10.1. The van der Waals surface area contributed by atoms with E-state index < -0.39 is 0 Å². The molecule has 2 aromatic carbocycles. The largest absolute Gasteiger partial charge is 0.497 e. The second-order valence-electron chi connectivity index (χ2n) is 5.16. The maximum Gasteiger partial charge on any atom is 0.319 e. The summed E-state index contributed by atoms with van der Waals surface area (Å²) in [6, 6.07) is 12.4. The molecule has 0 saturated heterocycles. The predicted octanol–water partition coefficient (Wildman–Crippen LogP) is 3.31. The van der Waals surface area contributed by atoms with E-state index in [2.05, 4.69) is 10.6 Å². The summed E-state index contributed by atoms with van der Waals surface area (Å²) in [4.78, 5) is 12.1. The van der Waals surface area contributed by atoms with Gasteiger partial charge in [-0.05, 0) is 36.8 Å². The number of amides is 2. The van der Waals surface area contributed by atoms with Gasteiger partial charge in [-0.15, -0.1) is 0 Å². The first-order valence-electron chi connectivity index (χ1n) is 7.27. The fourth-order valence-corrected chi connectivity index (χ4v) is 2.31. The molecule has 3 rings (SSSR count). The number of nitrogens with one attached hydrogen (secondary N) is 2. The lowest BCUT2D eigenvalue weighted by molar-refractivity contribution is 0.174. The van der Waals surface area contributed by atoms with E-state index in [1.54, 1.807) is 25.3 Å². The van der Waals surface area contributed by atoms with Gasteiger partial charge in [-0.1, -0.05) is 12.1 Å². The van der Waals surface area contributed by atoms with Crippen molar-refractivity contribution < 1.29 is 19.0 Å². The molecule has 0 aliphatic carbocycles. The van der Waals surface area contributed by atoms with Gasteiger partial charge in [0.2, 0.25) is 6.79 Å². The number of methoxy groups -OCH3 is 1. The Bertz CT molecular complexity index is 700. The zero-order chi connectivity index (χ0) is 16.2. The van der Waals surface area contributed by atoms with Crippen LogP contribution in [0.25, 0.3) is 0 Å². The Morgan fingerprint density at radius 1 is 1.13 bits per heavy atom. The summed E-state index contributed by atoms with van der Waals surface area (Å²) in [6.07, 6.45) is 0. The van der Waals surface area contributed by atoms with Crippen LogP contribution in [0, 0.1) is 0 Å². The van der Waals surface area contributed by atoms with Crippen molar-refractivity contribution in [2.75, 3.05) is 19.2 Å². The van der Waals surface area contributed by atoms with Crippen molar-refractivity contribution in [1.29, 1.82) is 0 Å². The van der Waals surface area contributed by atoms with Gasteiger partial charge >= 0.3 is 6.03 Å². The van der Waals surface area contributed by atoms with E-state index in [0.717, 1.165) is 11.3 Å². The molecule has 2 N–H and O–H groups in total. The van der Waals surface area contributed by atoms with Crippen LogP contribution < -0.4 is 24.8 Å². The molecule has 0 unspecified atom stereocenters. The average Bonchev–Trinajstić information content (AvgIpc) is 3.02. The molecular weight excluding hydrogens is 296 g/mol. The third-order valence-electron chi connectivity index (χ3n) is 3.59. The standard InChI is InChI=1S/C17H18N2O4/c1-11(12-3-6-14(21-2)7-4-12)18-17(20)19-13-5-8-15-16(9-13)23-10-22-15/h3-9,11H,10H2,1-2H3,(H2,18,19,20)/t11-/m1/s1. The summed E-state index contributed by atoms with van der Waals surface area (Å²) >= 11 is 0. The Kier molecular flexibility index (Phi) is 4.23. The molecule has 1 aliphatic rings. The molecule has 1 heterocycles. The van der Waals surface area contributed by atoms with Crippen LogP contribution in [0.2, 0.25) is 0 Å². The summed E-state index contributed by atoms with van der Waals surface area (Å²) in [5.74, 6) is 2.10. The van der Waals surface area contributed by atoms with Crippen molar-refractivity contribution in [1.82, 2.24) is 5.32 Å². The van der Waals surface area contributed by atoms with Crippen LogP contribution in [-0.4, -0.2) is 19.9 Å². The van der Waals surface area contributed by atoms with E-state index in [1.165, 1.54) is 0 Å². The summed E-state index contributed by atoms with van der Waals surface area (Å²) in [6.45, 7) is 2.13. The predicted molar refractivity (Wildman–Crippen MR) is 86.1 cm³/mol.